The third-order valence-corrected chi connectivity index (χ3v) is 4.21. The molecule has 0 spiro atoms. The van der Waals surface area contributed by atoms with E-state index in [0.717, 1.165) is 18.2 Å². The smallest absolute Gasteiger partial charge is 0.378 e. The fraction of sp³-hybridized carbons (Fsp3) is 0.250. The summed E-state index contributed by atoms with van der Waals surface area (Å²) in [7, 11) is 0. The lowest BCUT2D eigenvalue weighted by molar-refractivity contribution is -0.137. The van der Waals surface area contributed by atoms with Gasteiger partial charge in [-0.25, -0.2) is 4.39 Å². The molecule has 1 N–H and O–H groups in total. The number of hydrogen-bond acceptors (Lipinski definition) is 3. The second kappa shape index (κ2) is 8.43. The number of nitrogens with zero attached hydrogens (tertiary/aromatic N) is 1. The maximum Gasteiger partial charge on any atom is 0.416 e. The molecule has 1 aliphatic heterocycles. The van der Waals surface area contributed by atoms with Crippen LogP contribution in [-0.2, 0) is 15.7 Å². The molecule has 1 fully saturated rings. The number of hydrogen-bond donors (Lipinski definition) is 1. The Hall–Kier alpha value is -2.87. The summed E-state index contributed by atoms with van der Waals surface area (Å²) in [6.45, 7) is 1.92. The SMILES string of the molecule is O=C(/C=C/c1cccc(F)c1)Nc1cc(C(F)(F)F)ccc1N1CCOCC1. The lowest BCUT2D eigenvalue weighted by Gasteiger charge is -2.30. The number of nitrogens with one attached hydrogen (secondary N) is 1. The predicted octanol–water partition coefficient (Wildman–Crippen LogP) is 4.33. The number of alkyl halides is 3. The van der Waals surface area contributed by atoms with Crippen molar-refractivity contribution >= 4 is 23.4 Å². The van der Waals surface area contributed by atoms with Gasteiger partial charge >= 0.3 is 6.18 Å². The van der Waals surface area contributed by atoms with E-state index in [4.69, 9.17) is 4.74 Å². The maximum absolute atomic E-state index is 13.2. The molecule has 0 radical (unpaired) electrons. The summed E-state index contributed by atoms with van der Waals surface area (Å²) in [4.78, 5) is 14.1. The summed E-state index contributed by atoms with van der Waals surface area (Å²) in [5.41, 5.74) is 0.163. The van der Waals surface area contributed by atoms with Crippen LogP contribution in [0.4, 0.5) is 28.9 Å². The zero-order valence-electron chi connectivity index (χ0n) is 14.8. The normalized spacial score (nSPS) is 15.1. The topological polar surface area (TPSA) is 41.6 Å². The first-order chi connectivity index (χ1) is 13.3. The Morgan fingerprint density at radius 2 is 1.86 bits per heavy atom. The van der Waals surface area contributed by atoms with Gasteiger partial charge in [0.2, 0.25) is 5.91 Å². The molecule has 0 bridgehead atoms. The van der Waals surface area contributed by atoms with Gasteiger partial charge < -0.3 is 15.0 Å². The summed E-state index contributed by atoms with van der Waals surface area (Å²) in [5, 5.41) is 2.50. The molecule has 0 unspecified atom stereocenters. The van der Waals surface area contributed by atoms with Crippen molar-refractivity contribution in [3.05, 3.63) is 65.5 Å². The number of amides is 1. The largest absolute Gasteiger partial charge is 0.416 e. The van der Waals surface area contributed by atoms with Gasteiger partial charge in [0, 0.05) is 19.2 Å². The molecular formula is C20H18F4N2O2. The average Bonchev–Trinajstić information content (AvgIpc) is 2.66. The predicted molar refractivity (Wildman–Crippen MR) is 98.5 cm³/mol. The molecule has 2 aromatic rings. The minimum atomic E-state index is -4.53. The van der Waals surface area contributed by atoms with Gasteiger partial charge in [-0.1, -0.05) is 12.1 Å². The van der Waals surface area contributed by atoms with E-state index in [2.05, 4.69) is 5.32 Å². The summed E-state index contributed by atoms with van der Waals surface area (Å²) >= 11 is 0. The van der Waals surface area contributed by atoms with Crippen molar-refractivity contribution in [2.45, 2.75) is 6.18 Å². The third kappa shape index (κ3) is 5.10. The van der Waals surface area contributed by atoms with E-state index in [0.29, 0.717) is 37.6 Å². The van der Waals surface area contributed by atoms with Gasteiger partial charge in [0.25, 0.3) is 0 Å². The van der Waals surface area contributed by atoms with Gasteiger partial charge in [-0.3, -0.25) is 4.79 Å². The van der Waals surface area contributed by atoms with Gasteiger partial charge in [0.15, 0.2) is 0 Å². The first-order valence-electron chi connectivity index (χ1n) is 8.61. The molecular weight excluding hydrogens is 376 g/mol. The van der Waals surface area contributed by atoms with Gasteiger partial charge in [0.1, 0.15) is 5.82 Å². The zero-order valence-corrected chi connectivity index (χ0v) is 14.8. The second-order valence-electron chi connectivity index (χ2n) is 6.21. The molecule has 1 amide bonds. The van der Waals surface area contributed by atoms with Crippen LogP contribution in [0.25, 0.3) is 6.08 Å². The number of halogens is 4. The number of morpholine rings is 1. The average molecular weight is 394 g/mol. The second-order valence-corrected chi connectivity index (χ2v) is 6.21. The molecule has 8 heteroatoms. The summed E-state index contributed by atoms with van der Waals surface area (Å²) in [6, 6.07) is 8.87. The molecule has 148 valence electrons. The zero-order chi connectivity index (χ0) is 20.1. The first kappa shape index (κ1) is 19.9. The van der Waals surface area contributed by atoms with Gasteiger partial charge in [0.05, 0.1) is 30.2 Å². The van der Waals surface area contributed by atoms with E-state index >= 15 is 0 Å². The summed E-state index contributed by atoms with van der Waals surface area (Å²) < 4.78 is 57.7. The Morgan fingerprint density at radius 1 is 1.11 bits per heavy atom. The van der Waals surface area contributed by atoms with Gasteiger partial charge in [-0.15, -0.1) is 0 Å². The molecule has 1 heterocycles. The van der Waals surface area contributed by atoms with E-state index < -0.39 is 23.5 Å². The Morgan fingerprint density at radius 3 is 2.54 bits per heavy atom. The number of ether oxygens (including phenoxy) is 1. The molecule has 2 aromatic carbocycles. The highest BCUT2D eigenvalue weighted by Gasteiger charge is 2.31. The summed E-state index contributed by atoms with van der Waals surface area (Å²) in [6.07, 6.45) is -1.99. The van der Waals surface area contributed by atoms with Crippen LogP contribution < -0.4 is 10.2 Å². The molecule has 4 nitrogen and oxygen atoms in total. The van der Waals surface area contributed by atoms with E-state index in [1.165, 1.54) is 30.3 Å². The van der Waals surface area contributed by atoms with Gasteiger partial charge in [-0.2, -0.15) is 13.2 Å². The van der Waals surface area contributed by atoms with Crippen LogP contribution in [0.2, 0.25) is 0 Å². The van der Waals surface area contributed by atoms with E-state index in [1.807, 2.05) is 4.90 Å². The molecule has 0 aromatic heterocycles. The van der Waals surface area contributed by atoms with Crippen LogP contribution in [0.1, 0.15) is 11.1 Å². The third-order valence-electron chi connectivity index (χ3n) is 4.21. The highest BCUT2D eigenvalue weighted by molar-refractivity contribution is 6.04. The van der Waals surface area contributed by atoms with Crippen molar-refractivity contribution < 1.29 is 27.1 Å². The van der Waals surface area contributed by atoms with E-state index in [9.17, 15) is 22.4 Å². The minimum Gasteiger partial charge on any atom is -0.378 e. The van der Waals surface area contributed by atoms with Crippen LogP contribution >= 0.6 is 0 Å². The Labute approximate surface area is 159 Å². The van der Waals surface area contributed by atoms with Crippen molar-refractivity contribution in [1.82, 2.24) is 0 Å². The van der Waals surface area contributed by atoms with Crippen LogP contribution in [-0.4, -0.2) is 32.2 Å². The Balaban J connectivity index is 1.84. The number of benzene rings is 2. The van der Waals surface area contributed by atoms with Crippen molar-refractivity contribution in [2.24, 2.45) is 0 Å². The summed E-state index contributed by atoms with van der Waals surface area (Å²) in [5.74, 6) is -1.06. The lowest BCUT2D eigenvalue weighted by Crippen LogP contribution is -2.36. The van der Waals surface area contributed by atoms with E-state index in [1.54, 1.807) is 6.07 Å². The molecule has 0 saturated carbocycles. The quantitative estimate of drug-likeness (QED) is 0.620. The molecule has 1 aliphatic rings. The maximum atomic E-state index is 13.2. The molecule has 28 heavy (non-hydrogen) atoms. The van der Waals surface area contributed by atoms with Gasteiger partial charge in [-0.05, 0) is 42.0 Å². The van der Waals surface area contributed by atoms with Crippen molar-refractivity contribution in [1.29, 1.82) is 0 Å². The van der Waals surface area contributed by atoms with Crippen LogP contribution in [0.15, 0.2) is 48.5 Å². The first-order valence-corrected chi connectivity index (χ1v) is 8.61. The van der Waals surface area contributed by atoms with Crippen molar-refractivity contribution in [3.8, 4) is 0 Å². The van der Waals surface area contributed by atoms with Crippen molar-refractivity contribution in [3.63, 3.8) is 0 Å². The Kier molecular flexibility index (Phi) is 5.99. The molecule has 3 rings (SSSR count). The highest BCUT2D eigenvalue weighted by atomic mass is 19.4. The lowest BCUT2D eigenvalue weighted by atomic mass is 10.1. The number of carbonyl (C=O) groups is 1. The monoisotopic (exact) mass is 394 g/mol. The standard InChI is InChI=1S/C20H18F4N2O2/c21-16-3-1-2-14(12-16)4-7-19(27)25-17-13-15(20(22,23)24)5-6-18(17)26-8-10-28-11-9-26/h1-7,12-13H,8-11H2,(H,25,27)/b7-4+. The fourth-order valence-electron chi connectivity index (χ4n) is 2.85. The molecule has 0 aliphatic carbocycles. The molecule has 1 saturated heterocycles. The van der Waals surface area contributed by atoms with Crippen LogP contribution in [0.5, 0.6) is 0 Å². The van der Waals surface area contributed by atoms with Crippen LogP contribution in [0, 0.1) is 5.82 Å². The van der Waals surface area contributed by atoms with Crippen LogP contribution in [0.3, 0.4) is 0 Å². The number of rotatable bonds is 4. The number of anilines is 2. The molecule has 0 atom stereocenters. The Bertz CT molecular complexity index is 875. The number of carbonyl (C=O) groups excluding carboxylic acids is 1. The fourth-order valence-corrected chi connectivity index (χ4v) is 2.85. The highest BCUT2D eigenvalue weighted by Crippen LogP contribution is 2.35. The van der Waals surface area contributed by atoms with Crippen molar-refractivity contribution in [2.75, 3.05) is 36.5 Å². The minimum absolute atomic E-state index is 0.0608. The van der Waals surface area contributed by atoms with E-state index in [-0.39, 0.29) is 5.69 Å².